The standard InChI is InChI=1S/C13H13F2NO2/c1-8-4-3-5-11(9(8)2)17-6-10-12(13(14)15)18-7-16-10/h3-5,7,13H,6H2,1-2H3. The normalized spacial score (nSPS) is 10.9. The van der Waals surface area contributed by atoms with Crippen molar-refractivity contribution in [3.8, 4) is 5.75 Å². The quantitative estimate of drug-likeness (QED) is 0.831. The molecule has 5 heteroatoms. The molecule has 1 aromatic carbocycles. The summed E-state index contributed by atoms with van der Waals surface area (Å²) in [5.74, 6) is 0.235. The third kappa shape index (κ3) is 2.50. The van der Waals surface area contributed by atoms with Crippen LogP contribution >= 0.6 is 0 Å². The SMILES string of the molecule is Cc1cccc(OCc2ncoc2C(F)F)c1C. The van der Waals surface area contributed by atoms with E-state index in [0.717, 1.165) is 17.5 Å². The summed E-state index contributed by atoms with van der Waals surface area (Å²) in [6, 6.07) is 5.61. The molecule has 0 bridgehead atoms. The Kier molecular flexibility index (Phi) is 3.60. The second kappa shape index (κ2) is 5.16. The van der Waals surface area contributed by atoms with Gasteiger partial charge in [-0.15, -0.1) is 0 Å². The fourth-order valence-electron chi connectivity index (χ4n) is 1.59. The molecule has 18 heavy (non-hydrogen) atoms. The summed E-state index contributed by atoms with van der Waals surface area (Å²) < 4.78 is 35.2. The number of rotatable bonds is 4. The van der Waals surface area contributed by atoms with E-state index in [9.17, 15) is 8.78 Å². The van der Waals surface area contributed by atoms with E-state index < -0.39 is 12.2 Å². The van der Waals surface area contributed by atoms with Crippen LogP contribution in [-0.2, 0) is 6.61 Å². The number of hydrogen-bond donors (Lipinski definition) is 0. The molecular formula is C13H13F2NO2. The number of aromatic nitrogens is 1. The monoisotopic (exact) mass is 253 g/mol. The zero-order valence-corrected chi connectivity index (χ0v) is 10.1. The van der Waals surface area contributed by atoms with Crippen molar-refractivity contribution in [1.29, 1.82) is 0 Å². The Morgan fingerprint density at radius 3 is 2.83 bits per heavy atom. The summed E-state index contributed by atoms with van der Waals surface area (Å²) in [5, 5.41) is 0. The van der Waals surface area contributed by atoms with Gasteiger partial charge >= 0.3 is 0 Å². The van der Waals surface area contributed by atoms with Gasteiger partial charge in [0.25, 0.3) is 6.43 Å². The van der Waals surface area contributed by atoms with E-state index in [1.54, 1.807) is 6.07 Å². The minimum atomic E-state index is -2.68. The van der Waals surface area contributed by atoms with Gasteiger partial charge in [0.05, 0.1) is 0 Å². The van der Waals surface area contributed by atoms with Crippen molar-refractivity contribution < 1.29 is 17.9 Å². The van der Waals surface area contributed by atoms with E-state index in [-0.39, 0.29) is 12.3 Å². The topological polar surface area (TPSA) is 35.3 Å². The maximum Gasteiger partial charge on any atom is 0.297 e. The highest BCUT2D eigenvalue weighted by atomic mass is 19.3. The van der Waals surface area contributed by atoms with Gasteiger partial charge < -0.3 is 9.15 Å². The molecule has 3 nitrogen and oxygen atoms in total. The van der Waals surface area contributed by atoms with Crippen molar-refractivity contribution in [2.75, 3.05) is 0 Å². The molecule has 1 aromatic heterocycles. The highest BCUT2D eigenvalue weighted by Gasteiger charge is 2.18. The molecule has 0 aliphatic heterocycles. The molecule has 0 saturated heterocycles. The molecule has 0 atom stereocenters. The van der Waals surface area contributed by atoms with Crippen molar-refractivity contribution in [3.63, 3.8) is 0 Å². The lowest BCUT2D eigenvalue weighted by molar-refractivity contribution is 0.118. The second-order valence-electron chi connectivity index (χ2n) is 3.95. The Morgan fingerprint density at radius 1 is 1.33 bits per heavy atom. The van der Waals surface area contributed by atoms with Gasteiger partial charge in [0.2, 0.25) is 0 Å². The molecule has 1 heterocycles. The Labute approximate surface area is 103 Å². The first-order chi connectivity index (χ1) is 8.59. The van der Waals surface area contributed by atoms with E-state index in [1.165, 1.54) is 0 Å². The maximum atomic E-state index is 12.5. The van der Waals surface area contributed by atoms with Crippen molar-refractivity contribution in [1.82, 2.24) is 4.98 Å². The lowest BCUT2D eigenvalue weighted by Crippen LogP contribution is -2.01. The average Bonchev–Trinajstić information content (AvgIpc) is 2.79. The predicted molar refractivity (Wildman–Crippen MR) is 61.7 cm³/mol. The molecule has 96 valence electrons. The number of oxazole rings is 1. The predicted octanol–water partition coefficient (Wildman–Crippen LogP) is 3.81. The molecule has 0 spiro atoms. The molecule has 0 N–H and O–H groups in total. The molecular weight excluding hydrogens is 240 g/mol. The molecule has 0 radical (unpaired) electrons. The van der Waals surface area contributed by atoms with Crippen LogP contribution in [0.5, 0.6) is 5.75 Å². The highest BCUT2D eigenvalue weighted by Crippen LogP contribution is 2.25. The summed E-state index contributed by atoms with van der Waals surface area (Å²) >= 11 is 0. The molecule has 0 amide bonds. The zero-order valence-electron chi connectivity index (χ0n) is 10.1. The van der Waals surface area contributed by atoms with Crippen LogP contribution in [0, 0.1) is 13.8 Å². The van der Waals surface area contributed by atoms with Gasteiger partial charge in [0, 0.05) is 0 Å². The van der Waals surface area contributed by atoms with Crippen LogP contribution < -0.4 is 4.74 Å². The Hall–Kier alpha value is -1.91. The molecule has 2 aromatic rings. The summed E-state index contributed by atoms with van der Waals surface area (Å²) in [4.78, 5) is 3.73. The van der Waals surface area contributed by atoms with Gasteiger partial charge in [0.1, 0.15) is 18.1 Å². The average molecular weight is 253 g/mol. The zero-order chi connectivity index (χ0) is 13.1. The summed E-state index contributed by atoms with van der Waals surface area (Å²) in [5.41, 5.74) is 2.20. The summed E-state index contributed by atoms with van der Waals surface area (Å²) in [6.07, 6.45) is -1.67. The molecule has 0 saturated carbocycles. The fraction of sp³-hybridized carbons (Fsp3) is 0.308. The van der Waals surface area contributed by atoms with E-state index in [2.05, 4.69) is 9.40 Å². The van der Waals surface area contributed by atoms with Gasteiger partial charge in [-0.3, -0.25) is 0 Å². The number of halogens is 2. The molecule has 0 aliphatic rings. The number of alkyl halides is 2. The van der Waals surface area contributed by atoms with Crippen LogP contribution in [0.15, 0.2) is 29.0 Å². The van der Waals surface area contributed by atoms with Gasteiger partial charge in [-0.25, -0.2) is 13.8 Å². The summed E-state index contributed by atoms with van der Waals surface area (Å²) in [7, 11) is 0. The second-order valence-corrected chi connectivity index (χ2v) is 3.95. The number of aryl methyl sites for hydroxylation is 1. The first kappa shape index (κ1) is 12.5. The van der Waals surface area contributed by atoms with Crippen molar-refractivity contribution >= 4 is 0 Å². The molecule has 0 aliphatic carbocycles. The molecule has 0 unspecified atom stereocenters. The van der Waals surface area contributed by atoms with Crippen LogP contribution in [0.4, 0.5) is 8.78 Å². The van der Waals surface area contributed by atoms with E-state index in [1.807, 2.05) is 26.0 Å². The van der Waals surface area contributed by atoms with Gasteiger partial charge in [-0.1, -0.05) is 12.1 Å². The van der Waals surface area contributed by atoms with Gasteiger partial charge in [-0.05, 0) is 31.0 Å². The lowest BCUT2D eigenvalue weighted by Gasteiger charge is -2.10. The van der Waals surface area contributed by atoms with Crippen LogP contribution in [0.3, 0.4) is 0 Å². The molecule has 0 fully saturated rings. The highest BCUT2D eigenvalue weighted by molar-refractivity contribution is 5.38. The Morgan fingerprint density at radius 2 is 2.11 bits per heavy atom. The van der Waals surface area contributed by atoms with Crippen molar-refractivity contribution in [3.05, 3.63) is 47.2 Å². The third-order valence-electron chi connectivity index (χ3n) is 2.79. The molecule has 2 rings (SSSR count). The van der Waals surface area contributed by atoms with E-state index in [0.29, 0.717) is 5.75 Å². The number of nitrogens with zero attached hydrogens (tertiary/aromatic N) is 1. The Balaban J connectivity index is 2.12. The minimum Gasteiger partial charge on any atom is -0.487 e. The number of ether oxygens (including phenoxy) is 1. The number of hydrogen-bond acceptors (Lipinski definition) is 3. The van der Waals surface area contributed by atoms with Crippen molar-refractivity contribution in [2.24, 2.45) is 0 Å². The Bertz CT molecular complexity index is 538. The first-order valence-corrected chi connectivity index (χ1v) is 5.49. The van der Waals surface area contributed by atoms with Crippen LogP contribution in [-0.4, -0.2) is 4.98 Å². The minimum absolute atomic E-state index is 0.0273. The lowest BCUT2D eigenvalue weighted by atomic mass is 10.1. The summed E-state index contributed by atoms with van der Waals surface area (Å²) in [6.45, 7) is 3.85. The maximum absolute atomic E-state index is 12.5. The van der Waals surface area contributed by atoms with Crippen LogP contribution in [0.2, 0.25) is 0 Å². The van der Waals surface area contributed by atoms with Gasteiger partial charge in [0.15, 0.2) is 12.2 Å². The van der Waals surface area contributed by atoms with E-state index in [4.69, 9.17) is 4.74 Å². The van der Waals surface area contributed by atoms with Gasteiger partial charge in [-0.2, -0.15) is 0 Å². The largest absolute Gasteiger partial charge is 0.487 e. The smallest absolute Gasteiger partial charge is 0.297 e. The first-order valence-electron chi connectivity index (χ1n) is 5.49. The van der Waals surface area contributed by atoms with Crippen LogP contribution in [0.1, 0.15) is 29.0 Å². The number of benzene rings is 1. The van der Waals surface area contributed by atoms with Crippen molar-refractivity contribution in [2.45, 2.75) is 26.9 Å². The van der Waals surface area contributed by atoms with E-state index >= 15 is 0 Å². The van der Waals surface area contributed by atoms with Crippen LogP contribution in [0.25, 0.3) is 0 Å². The third-order valence-corrected chi connectivity index (χ3v) is 2.79. The fourth-order valence-corrected chi connectivity index (χ4v) is 1.59.